The van der Waals surface area contributed by atoms with Crippen LogP contribution in [0, 0.1) is 0 Å². The van der Waals surface area contributed by atoms with Gasteiger partial charge in [0, 0.05) is 12.4 Å². The van der Waals surface area contributed by atoms with Crippen molar-refractivity contribution < 1.29 is 9.53 Å². The monoisotopic (exact) mass is 239 g/mol. The Kier molecular flexibility index (Phi) is 12.1. The van der Waals surface area contributed by atoms with Crippen LogP contribution in [0.4, 0.5) is 0 Å². The molecule has 0 amide bonds. The van der Waals surface area contributed by atoms with E-state index in [2.05, 4.69) is 16.7 Å². The van der Waals surface area contributed by atoms with Gasteiger partial charge in [0.1, 0.15) is 0 Å². The summed E-state index contributed by atoms with van der Waals surface area (Å²) in [6, 6.07) is 0. The molecule has 98 valence electrons. The Bertz CT molecular complexity index is 234. The van der Waals surface area contributed by atoms with Crippen LogP contribution in [0.25, 0.3) is 0 Å². The van der Waals surface area contributed by atoms with Crippen LogP contribution in [0.3, 0.4) is 0 Å². The molecule has 0 fully saturated rings. The maximum Gasteiger partial charge on any atom is 0.310 e. The summed E-state index contributed by atoms with van der Waals surface area (Å²) in [7, 11) is 1.38. The smallest absolute Gasteiger partial charge is 0.310 e. The summed E-state index contributed by atoms with van der Waals surface area (Å²) in [5.41, 5.74) is 0. The van der Waals surface area contributed by atoms with Gasteiger partial charge in [-0.15, -0.1) is 0 Å². The van der Waals surface area contributed by atoms with Crippen molar-refractivity contribution >= 4 is 12.2 Å². The number of unbranched alkanes of at least 4 members (excludes halogenated alkanes) is 6. The first-order valence-corrected chi connectivity index (χ1v) is 6.54. The van der Waals surface area contributed by atoms with Crippen molar-refractivity contribution in [1.82, 2.24) is 0 Å². The summed E-state index contributed by atoms with van der Waals surface area (Å²) < 4.78 is 4.49. The zero-order chi connectivity index (χ0) is 12.8. The Morgan fingerprint density at radius 2 is 1.88 bits per heavy atom. The predicted octanol–water partition coefficient (Wildman–Crippen LogP) is 3.88. The molecule has 0 aliphatic heterocycles. The van der Waals surface area contributed by atoms with Crippen LogP contribution in [0.1, 0.15) is 58.3 Å². The number of rotatable bonds is 10. The Morgan fingerprint density at radius 3 is 2.59 bits per heavy atom. The van der Waals surface area contributed by atoms with E-state index in [0.717, 1.165) is 6.42 Å². The number of hydrogen-bond acceptors (Lipinski definition) is 3. The second-order valence-electron chi connectivity index (χ2n) is 4.05. The number of hydrogen-bond donors (Lipinski definition) is 0. The van der Waals surface area contributed by atoms with E-state index in [-0.39, 0.29) is 12.4 Å². The van der Waals surface area contributed by atoms with Gasteiger partial charge >= 0.3 is 5.97 Å². The van der Waals surface area contributed by atoms with Crippen molar-refractivity contribution in [3.05, 3.63) is 12.3 Å². The SMILES string of the molecule is CCCCCCCCC=CN=CCC(=O)OC. The van der Waals surface area contributed by atoms with Crippen molar-refractivity contribution in [2.45, 2.75) is 58.3 Å². The maximum atomic E-state index is 10.7. The largest absolute Gasteiger partial charge is 0.469 e. The van der Waals surface area contributed by atoms with Crippen molar-refractivity contribution in [3.63, 3.8) is 0 Å². The number of carbonyl (C=O) groups is 1. The maximum absolute atomic E-state index is 10.7. The number of methoxy groups -OCH3 is 1. The number of carbonyl (C=O) groups excluding carboxylic acids is 1. The number of aliphatic imine (C=N–C) groups is 1. The molecule has 0 saturated carbocycles. The number of nitrogens with zero attached hydrogens (tertiary/aromatic N) is 1. The molecular weight excluding hydrogens is 214 g/mol. The molecule has 0 bridgehead atoms. The van der Waals surface area contributed by atoms with Crippen LogP contribution in [-0.2, 0) is 9.53 Å². The zero-order valence-electron chi connectivity index (χ0n) is 11.2. The first-order chi connectivity index (χ1) is 8.31. The van der Waals surface area contributed by atoms with Crippen molar-refractivity contribution in [2.75, 3.05) is 7.11 Å². The molecule has 0 spiro atoms. The summed E-state index contributed by atoms with van der Waals surface area (Å²) in [5.74, 6) is -0.252. The summed E-state index contributed by atoms with van der Waals surface area (Å²) in [6.07, 6.45) is 14.6. The molecule has 0 heterocycles. The lowest BCUT2D eigenvalue weighted by Crippen LogP contribution is -1.99. The molecule has 0 aromatic heterocycles. The van der Waals surface area contributed by atoms with Crippen molar-refractivity contribution in [3.8, 4) is 0 Å². The van der Waals surface area contributed by atoms with Gasteiger partial charge < -0.3 is 4.74 Å². The van der Waals surface area contributed by atoms with Gasteiger partial charge in [-0.2, -0.15) is 0 Å². The Labute approximate surface area is 105 Å². The molecule has 17 heavy (non-hydrogen) atoms. The van der Waals surface area contributed by atoms with E-state index < -0.39 is 0 Å². The second-order valence-corrected chi connectivity index (χ2v) is 4.05. The molecule has 0 aliphatic rings. The van der Waals surface area contributed by atoms with Gasteiger partial charge in [0.25, 0.3) is 0 Å². The van der Waals surface area contributed by atoms with Gasteiger partial charge in [0.05, 0.1) is 13.5 Å². The van der Waals surface area contributed by atoms with E-state index >= 15 is 0 Å². The van der Waals surface area contributed by atoms with E-state index in [0.29, 0.717) is 0 Å². The van der Waals surface area contributed by atoms with E-state index in [1.807, 2.05) is 6.08 Å². The topological polar surface area (TPSA) is 38.7 Å². The highest BCUT2D eigenvalue weighted by Gasteiger charge is 1.93. The molecule has 0 aromatic carbocycles. The minimum absolute atomic E-state index is 0.248. The minimum Gasteiger partial charge on any atom is -0.469 e. The van der Waals surface area contributed by atoms with Gasteiger partial charge in [-0.25, -0.2) is 0 Å². The first-order valence-electron chi connectivity index (χ1n) is 6.54. The Balaban J connectivity index is 3.27. The van der Waals surface area contributed by atoms with E-state index in [4.69, 9.17) is 0 Å². The molecule has 0 unspecified atom stereocenters. The van der Waals surface area contributed by atoms with Gasteiger partial charge in [-0.3, -0.25) is 9.79 Å². The number of ether oxygens (including phenoxy) is 1. The van der Waals surface area contributed by atoms with Crippen molar-refractivity contribution in [2.24, 2.45) is 4.99 Å². The third-order valence-electron chi connectivity index (χ3n) is 2.51. The third kappa shape index (κ3) is 12.8. The highest BCUT2D eigenvalue weighted by molar-refractivity contribution is 5.85. The van der Waals surface area contributed by atoms with Gasteiger partial charge in [0.15, 0.2) is 0 Å². The second kappa shape index (κ2) is 12.9. The van der Waals surface area contributed by atoms with Crippen molar-refractivity contribution in [1.29, 1.82) is 0 Å². The van der Waals surface area contributed by atoms with Crippen LogP contribution in [0.15, 0.2) is 17.3 Å². The van der Waals surface area contributed by atoms with Crippen LogP contribution in [0.2, 0.25) is 0 Å². The average Bonchev–Trinajstić information content (AvgIpc) is 2.35. The molecule has 3 heteroatoms. The van der Waals surface area contributed by atoms with Gasteiger partial charge in [0.2, 0.25) is 0 Å². The standard InChI is InChI=1S/C14H25NO2/c1-3-4-5-6-7-8-9-10-12-15-13-11-14(16)17-2/h10,12-13H,3-9,11H2,1-2H3. The fourth-order valence-electron chi connectivity index (χ4n) is 1.45. The Hall–Kier alpha value is -1.12. The van der Waals surface area contributed by atoms with Crippen LogP contribution < -0.4 is 0 Å². The van der Waals surface area contributed by atoms with E-state index in [9.17, 15) is 4.79 Å². The quantitative estimate of drug-likeness (QED) is 0.329. The molecule has 0 aliphatic carbocycles. The molecule has 0 N–H and O–H groups in total. The normalized spacial score (nSPS) is 11.4. The lowest BCUT2D eigenvalue weighted by Gasteiger charge is -1.97. The highest BCUT2D eigenvalue weighted by atomic mass is 16.5. The number of esters is 1. The molecular formula is C14H25NO2. The lowest BCUT2D eigenvalue weighted by molar-refractivity contribution is -0.139. The van der Waals surface area contributed by atoms with E-state index in [1.165, 1.54) is 45.6 Å². The number of allylic oxidation sites excluding steroid dienone is 1. The summed E-state index contributed by atoms with van der Waals surface area (Å²) >= 11 is 0. The highest BCUT2D eigenvalue weighted by Crippen LogP contribution is 2.06. The van der Waals surface area contributed by atoms with E-state index in [1.54, 1.807) is 12.4 Å². The fraction of sp³-hybridized carbons (Fsp3) is 0.714. The lowest BCUT2D eigenvalue weighted by atomic mass is 10.1. The van der Waals surface area contributed by atoms with Crippen LogP contribution in [-0.4, -0.2) is 19.3 Å². The predicted molar refractivity (Wildman–Crippen MR) is 72.3 cm³/mol. The third-order valence-corrected chi connectivity index (χ3v) is 2.51. The minimum atomic E-state index is -0.252. The molecule has 0 aromatic rings. The zero-order valence-corrected chi connectivity index (χ0v) is 11.2. The molecule has 0 rings (SSSR count). The van der Waals surface area contributed by atoms with Gasteiger partial charge in [-0.05, 0) is 12.8 Å². The Morgan fingerprint density at radius 1 is 1.18 bits per heavy atom. The molecule has 0 radical (unpaired) electrons. The average molecular weight is 239 g/mol. The first kappa shape index (κ1) is 15.9. The fourth-order valence-corrected chi connectivity index (χ4v) is 1.45. The summed E-state index contributed by atoms with van der Waals surface area (Å²) in [4.78, 5) is 14.7. The molecule has 0 atom stereocenters. The summed E-state index contributed by atoms with van der Waals surface area (Å²) in [5, 5.41) is 0. The summed E-state index contributed by atoms with van der Waals surface area (Å²) in [6.45, 7) is 2.23. The van der Waals surface area contributed by atoms with Crippen LogP contribution in [0.5, 0.6) is 0 Å². The van der Waals surface area contributed by atoms with Gasteiger partial charge in [-0.1, -0.05) is 45.1 Å². The molecule has 0 saturated heterocycles. The van der Waals surface area contributed by atoms with Crippen LogP contribution >= 0.6 is 0 Å². The molecule has 3 nitrogen and oxygen atoms in total.